The van der Waals surface area contributed by atoms with Crippen LogP contribution in [0.1, 0.15) is 33.1 Å². The van der Waals surface area contributed by atoms with E-state index in [0.29, 0.717) is 30.9 Å². The lowest BCUT2D eigenvalue weighted by atomic mass is 10.1. The molecule has 3 rings (SSSR count). The minimum Gasteiger partial charge on any atom is -0.464 e. The van der Waals surface area contributed by atoms with Crippen molar-refractivity contribution in [3.8, 4) is 0 Å². The largest absolute Gasteiger partial charge is 0.464 e. The number of aromatic nitrogens is 1. The van der Waals surface area contributed by atoms with Crippen LogP contribution in [0.25, 0.3) is 21.8 Å². The number of nitrogens with two attached hydrogens (primary N) is 2. The third-order valence-electron chi connectivity index (χ3n) is 5.20. The molecule has 0 saturated heterocycles. The first kappa shape index (κ1) is 21.0. The average Bonchev–Trinajstić information content (AvgIpc) is 2.99. The Bertz CT molecular complexity index is 915. The molecule has 4 N–H and O–H groups in total. The molecule has 0 spiro atoms. The van der Waals surface area contributed by atoms with Crippen LogP contribution in [0.4, 0.5) is 11.4 Å². The second kappa shape index (κ2) is 9.65. The Kier molecular flexibility index (Phi) is 6.99. The number of aryl methyl sites for hydroxylation is 1. The van der Waals surface area contributed by atoms with Crippen molar-refractivity contribution in [1.29, 1.82) is 0 Å². The Morgan fingerprint density at radius 1 is 0.931 bits per heavy atom. The van der Waals surface area contributed by atoms with E-state index >= 15 is 0 Å². The first-order valence-corrected chi connectivity index (χ1v) is 10.5. The van der Waals surface area contributed by atoms with Gasteiger partial charge in [0.2, 0.25) is 0 Å². The second-order valence-electron chi connectivity index (χ2n) is 7.52. The highest BCUT2D eigenvalue weighted by Crippen LogP contribution is 2.32. The number of hydrogen-bond acceptors (Lipinski definition) is 5. The Balaban J connectivity index is 1.68. The summed E-state index contributed by atoms with van der Waals surface area (Å²) in [7, 11) is 0. The average molecular weight is 397 g/mol. The van der Waals surface area contributed by atoms with E-state index < -0.39 is 0 Å². The molecule has 0 aliphatic rings. The van der Waals surface area contributed by atoms with Gasteiger partial charge in [0, 0.05) is 46.3 Å². The van der Waals surface area contributed by atoms with Crippen LogP contribution in [0, 0.1) is 0 Å². The zero-order valence-corrected chi connectivity index (χ0v) is 17.5. The van der Waals surface area contributed by atoms with Crippen LogP contribution in [0.2, 0.25) is 0 Å². The maximum atomic E-state index is 12.3. The molecule has 0 radical (unpaired) electrons. The number of ether oxygens (including phenoxy) is 1. The molecule has 0 atom stereocenters. The number of fused-ring (bicyclic) bond motifs is 3. The number of nitrogen functional groups attached to an aromatic ring is 2. The first-order valence-electron chi connectivity index (χ1n) is 10.5. The van der Waals surface area contributed by atoms with Crippen molar-refractivity contribution >= 4 is 39.1 Å². The lowest BCUT2D eigenvalue weighted by molar-refractivity contribution is -0.144. The van der Waals surface area contributed by atoms with E-state index in [2.05, 4.69) is 23.3 Å². The van der Waals surface area contributed by atoms with Gasteiger partial charge in [0.15, 0.2) is 0 Å². The van der Waals surface area contributed by atoms with Crippen LogP contribution in [-0.4, -0.2) is 41.7 Å². The zero-order valence-electron chi connectivity index (χ0n) is 17.5. The smallest absolute Gasteiger partial charge is 0.307 e. The Morgan fingerprint density at radius 3 is 2.00 bits per heavy atom. The van der Waals surface area contributed by atoms with Gasteiger partial charge in [-0.15, -0.1) is 0 Å². The van der Waals surface area contributed by atoms with E-state index in [1.165, 1.54) is 0 Å². The lowest BCUT2D eigenvalue weighted by Gasteiger charge is -2.20. The summed E-state index contributed by atoms with van der Waals surface area (Å²) in [6, 6.07) is 11.7. The predicted octanol–water partition coefficient (Wildman–Crippen LogP) is 4.01. The van der Waals surface area contributed by atoms with E-state index in [9.17, 15) is 4.79 Å². The molecule has 0 fully saturated rings. The number of carbonyl (C=O) groups excluding carboxylic acids is 1. The van der Waals surface area contributed by atoms with Gasteiger partial charge < -0.3 is 20.8 Å². The number of benzene rings is 2. The van der Waals surface area contributed by atoms with Crippen LogP contribution in [-0.2, 0) is 16.1 Å². The third kappa shape index (κ3) is 5.01. The van der Waals surface area contributed by atoms with Gasteiger partial charge in [-0.25, -0.2) is 0 Å². The molecule has 0 aliphatic carbocycles. The lowest BCUT2D eigenvalue weighted by Crippen LogP contribution is -2.30. The van der Waals surface area contributed by atoms with Gasteiger partial charge in [-0.05, 0) is 62.3 Å². The van der Waals surface area contributed by atoms with Gasteiger partial charge in [0.1, 0.15) is 6.61 Å². The fourth-order valence-corrected chi connectivity index (χ4v) is 3.91. The zero-order chi connectivity index (χ0) is 20.8. The molecular weight excluding hydrogens is 364 g/mol. The van der Waals surface area contributed by atoms with Gasteiger partial charge in [0.05, 0.1) is 6.42 Å². The summed E-state index contributed by atoms with van der Waals surface area (Å²) in [5, 5.41) is 2.10. The van der Waals surface area contributed by atoms with E-state index in [-0.39, 0.29) is 5.97 Å². The van der Waals surface area contributed by atoms with Gasteiger partial charge >= 0.3 is 5.97 Å². The second-order valence-corrected chi connectivity index (χ2v) is 7.52. The molecule has 3 aromatic rings. The Morgan fingerprint density at radius 2 is 1.48 bits per heavy atom. The van der Waals surface area contributed by atoms with E-state index in [1.54, 1.807) is 0 Å². The Labute approximate surface area is 172 Å². The van der Waals surface area contributed by atoms with Crippen molar-refractivity contribution in [2.24, 2.45) is 0 Å². The van der Waals surface area contributed by atoms with Crippen molar-refractivity contribution in [3.63, 3.8) is 0 Å². The van der Waals surface area contributed by atoms with Crippen molar-refractivity contribution in [3.05, 3.63) is 36.4 Å². The van der Waals surface area contributed by atoms with E-state index in [4.69, 9.17) is 16.2 Å². The van der Waals surface area contributed by atoms with Gasteiger partial charge in [0.25, 0.3) is 0 Å². The molecule has 0 unspecified atom stereocenters. The van der Waals surface area contributed by atoms with Crippen molar-refractivity contribution < 1.29 is 9.53 Å². The quantitative estimate of drug-likeness (QED) is 0.399. The molecule has 29 heavy (non-hydrogen) atoms. The normalized spacial score (nSPS) is 11.6. The summed E-state index contributed by atoms with van der Waals surface area (Å²) in [6.45, 7) is 8.21. The summed E-state index contributed by atoms with van der Waals surface area (Å²) in [6.07, 6.45) is 2.54. The monoisotopic (exact) mass is 396 g/mol. The number of anilines is 2. The number of nitrogens with zero attached hydrogens (tertiary/aromatic N) is 2. The molecule has 0 bridgehead atoms. The fraction of sp³-hybridized carbons (Fsp3) is 0.435. The number of rotatable bonds is 10. The van der Waals surface area contributed by atoms with Crippen molar-refractivity contribution in [1.82, 2.24) is 9.47 Å². The summed E-state index contributed by atoms with van der Waals surface area (Å²) in [4.78, 5) is 14.7. The SMILES string of the molecule is CCCN(CCC)CCOC(=O)CCn1c2ccc(N)cc2c2cc(N)ccc21. The van der Waals surface area contributed by atoms with Crippen LogP contribution in [0.15, 0.2) is 36.4 Å². The number of esters is 1. The molecule has 0 amide bonds. The highest BCUT2D eigenvalue weighted by molar-refractivity contribution is 6.10. The summed E-state index contributed by atoms with van der Waals surface area (Å²) < 4.78 is 7.64. The molecule has 0 aliphatic heterocycles. The summed E-state index contributed by atoms with van der Waals surface area (Å²) in [5.74, 6) is -0.168. The summed E-state index contributed by atoms with van der Waals surface area (Å²) in [5.41, 5.74) is 15.5. The molecule has 156 valence electrons. The molecule has 6 heteroatoms. The Hall–Kier alpha value is -2.73. The van der Waals surface area contributed by atoms with E-state index in [0.717, 1.165) is 54.3 Å². The minimum absolute atomic E-state index is 0.168. The van der Waals surface area contributed by atoms with Crippen molar-refractivity contribution in [2.75, 3.05) is 37.7 Å². The van der Waals surface area contributed by atoms with Crippen LogP contribution >= 0.6 is 0 Å². The standard InChI is InChI=1S/C23H32N4O2/c1-3-10-26(11-4-2)13-14-29-23(28)9-12-27-21-7-5-17(24)15-19(21)20-16-18(25)6-8-22(20)27/h5-8,15-16H,3-4,9-14,24-25H2,1-2H3. The summed E-state index contributed by atoms with van der Waals surface area (Å²) >= 11 is 0. The molecule has 2 aromatic carbocycles. The number of hydrogen-bond donors (Lipinski definition) is 2. The highest BCUT2D eigenvalue weighted by Gasteiger charge is 2.13. The molecule has 0 saturated carbocycles. The topological polar surface area (TPSA) is 86.5 Å². The van der Waals surface area contributed by atoms with Gasteiger partial charge in [-0.2, -0.15) is 0 Å². The van der Waals surface area contributed by atoms with Crippen LogP contribution < -0.4 is 11.5 Å². The maximum Gasteiger partial charge on any atom is 0.307 e. The minimum atomic E-state index is -0.168. The predicted molar refractivity (Wildman–Crippen MR) is 121 cm³/mol. The van der Waals surface area contributed by atoms with Gasteiger partial charge in [-0.3, -0.25) is 9.69 Å². The molecule has 1 heterocycles. The molecule has 6 nitrogen and oxygen atoms in total. The third-order valence-corrected chi connectivity index (χ3v) is 5.20. The maximum absolute atomic E-state index is 12.3. The van der Waals surface area contributed by atoms with Crippen molar-refractivity contribution in [2.45, 2.75) is 39.7 Å². The van der Waals surface area contributed by atoms with E-state index in [1.807, 2.05) is 36.4 Å². The molecular formula is C23H32N4O2. The van der Waals surface area contributed by atoms with Gasteiger partial charge in [-0.1, -0.05) is 13.8 Å². The molecule has 1 aromatic heterocycles. The number of carbonyl (C=O) groups is 1. The van der Waals surface area contributed by atoms with Crippen LogP contribution in [0.3, 0.4) is 0 Å². The first-order chi connectivity index (χ1) is 14.0. The van der Waals surface area contributed by atoms with Crippen LogP contribution in [0.5, 0.6) is 0 Å². The fourth-order valence-electron chi connectivity index (χ4n) is 3.91. The highest BCUT2D eigenvalue weighted by atomic mass is 16.5.